The Morgan fingerprint density at radius 2 is 1.81 bits per heavy atom. The summed E-state index contributed by atoms with van der Waals surface area (Å²) in [6.07, 6.45) is -4.48. The van der Waals surface area contributed by atoms with E-state index in [1.54, 1.807) is 0 Å². The molecule has 0 saturated heterocycles. The number of pyridine rings is 1. The number of aromatic nitrogens is 1. The van der Waals surface area contributed by atoms with Gasteiger partial charge < -0.3 is 20.5 Å². The molecule has 164 valence electrons. The van der Waals surface area contributed by atoms with E-state index in [0.29, 0.717) is 11.1 Å². The second-order valence-corrected chi connectivity index (χ2v) is 6.80. The quantitative estimate of drug-likeness (QED) is 0.475. The fourth-order valence-corrected chi connectivity index (χ4v) is 3.15. The summed E-state index contributed by atoms with van der Waals surface area (Å²) in [6, 6.07) is 8.80. The zero-order valence-corrected chi connectivity index (χ0v) is 16.1. The van der Waals surface area contributed by atoms with Crippen LogP contribution >= 0.6 is 0 Å². The van der Waals surface area contributed by atoms with E-state index in [-0.39, 0.29) is 22.9 Å². The van der Waals surface area contributed by atoms with Crippen molar-refractivity contribution in [2.24, 2.45) is 0 Å². The highest BCUT2D eigenvalue weighted by Crippen LogP contribution is 2.31. The van der Waals surface area contributed by atoms with Gasteiger partial charge in [-0.05, 0) is 41.8 Å². The number of carbonyl (C=O) groups excluding carboxylic acids is 1. The topological polar surface area (TPSA) is 143 Å². The molecule has 0 spiro atoms. The summed E-state index contributed by atoms with van der Waals surface area (Å²) in [4.78, 5) is 37.7. The fraction of sp³-hybridized carbons (Fsp3) is 0.143. The molecule has 1 aromatic heterocycles. The molecule has 0 aliphatic carbocycles. The van der Waals surface area contributed by atoms with Gasteiger partial charge in [0.2, 0.25) is 0 Å². The van der Waals surface area contributed by atoms with Gasteiger partial charge >= 0.3 is 12.1 Å². The van der Waals surface area contributed by atoms with Crippen molar-refractivity contribution in [2.45, 2.75) is 12.6 Å². The van der Waals surface area contributed by atoms with E-state index < -0.39 is 47.0 Å². The maximum absolute atomic E-state index is 12.8. The third-order valence-corrected chi connectivity index (χ3v) is 4.61. The molecule has 4 N–H and O–H groups in total. The Balaban J connectivity index is 2.10. The minimum atomic E-state index is -4.50. The first-order valence-electron chi connectivity index (χ1n) is 8.99. The average molecular weight is 445 g/mol. The lowest BCUT2D eigenvalue weighted by atomic mass is 9.97. The summed E-state index contributed by atoms with van der Waals surface area (Å²) in [5.74, 6) is -3.24. The molecule has 1 heterocycles. The minimum absolute atomic E-state index is 0.0180. The van der Waals surface area contributed by atoms with Gasteiger partial charge in [-0.25, -0.2) is 0 Å². The van der Waals surface area contributed by atoms with Crippen LogP contribution in [0.1, 0.15) is 32.6 Å². The second kappa shape index (κ2) is 8.43. The summed E-state index contributed by atoms with van der Waals surface area (Å²) in [5, 5.41) is 30.4. The van der Waals surface area contributed by atoms with Crippen LogP contribution in [0.5, 0.6) is 5.75 Å². The van der Waals surface area contributed by atoms with Crippen LogP contribution in [-0.2, 0) is 17.4 Å². The molecular formula is C21H14F3N3O5. The lowest BCUT2D eigenvalue weighted by molar-refractivity contribution is -0.138. The van der Waals surface area contributed by atoms with E-state index >= 15 is 0 Å². The Labute approximate surface area is 177 Å². The van der Waals surface area contributed by atoms with Crippen LogP contribution in [0, 0.1) is 11.3 Å². The minimum Gasteiger partial charge on any atom is -0.506 e. The van der Waals surface area contributed by atoms with E-state index in [2.05, 4.69) is 4.98 Å². The van der Waals surface area contributed by atoms with Crippen molar-refractivity contribution in [1.29, 1.82) is 5.26 Å². The third-order valence-electron chi connectivity index (χ3n) is 4.61. The number of nitrogens with one attached hydrogen (secondary N) is 2. The Kier molecular flexibility index (Phi) is 5.89. The molecule has 0 unspecified atom stereocenters. The molecule has 11 heteroatoms. The molecule has 0 fully saturated rings. The maximum Gasteiger partial charge on any atom is 0.416 e. The molecule has 3 aromatic rings. The lowest BCUT2D eigenvalue weighted by Crippen LogP contribution is -2.33. The second-order valence-electron chi connectivity index (χ2n) is 6.80. The normalized spacial score (nSPS) is 11.2. The van der Waals surface area contributed by atoms with Crippen LogP contribution < -0.4 is 10.9 Å². The first-order chi connectivity index (χ1) is 15.0. The molecule has 0 aliphatic heterocycles. The Hall–Kier alpha value is -4.33. The number of rotatable bonds is 5. The number of nitriles is 1. The molecule has 0 aliphatic rings. The first-order valence-corrected chi connectivity index (χ1v) is 8.99. The van der Waals surface area contributed by atoms with E-state index in [4.69, 9.17) is 5.11 Å². The number of hydrogen-bond acceptors (Lipinski definition) is 5. The van der Waals surface area contributed by atoms with Crippen molar-refractivity contribution in [3.8, 4) is 11.8 Å². The molecule has 0 radical (unpaired) electrons. The zero-order chi connectivity index (χ0) is 23.6. The molecule has 0 atom stereocenters. The van der Waals surface area contributed by atoms with Crippen LogP contribution in [0.4, 0.5) is 13.2 Å². The van der Waals surface area contributed by atoms with Gasteiger partial charge in [0, 0.05) is 5.39 Å². The van der Waals surface area contributed by atoms with Gasteiger partial charge in [0.05, 0.1) is 22.7 Å². The van der Waals surface area contributed by atoms with Gasteiger partial charge in [0.25, 0.3) is 11.5 Å². The number of carboxylic acid groups (broad SMARTS) is 1. The fourth-order valence-electron chi connectivity index (χ4n) is 3.15. The van der Waals surface area contributed by atoms with E-state index in [1.807, 2.05) is 11.4 Å². The number of H-pyrrole nitrogens is 1. The standard InChI is InChI=1S/C21H14F3N3O5/c22-21(23,24)13-3-1-10(2-4-13)5-12-6-11(8-25)7-14-17(12)27-20(32)16(18(14)30)19(31)26-9-15(28)29/h1-4,6-7H,5,9H2,(H,26,31)(H,28,29)(H2,27,30,32). The van der Waals surface area contributed by atoms with Crippen molar-refractivity contribution in [1.82, 2.24) is 10.3 Å². The summed E-state index contributed by atoms with van der Waals surface area (Å²) >= 11 is 0. The van der Waals surface area contributed by atoms with Gasteiger partial charge in [-0.1, -0.05) is 12.1 Å². The van der Waals surface area contributed by atoms with Gasteiger partial charge in [0.1, 0.15) is 17.9 Å². The summed E-state index contributed by atoms with van der Waals surface area (Å²) in [7, 11) is 0. The van der Waals surface area contributed by atoms with Crippen molar-refractivity contribution in [3.05, 3.63) is 74.6 Å². The first kappa shape index (κ1) is 22.4. The predicted molar refractivity (Wildman–Crippen MR) is 105 cm³/mol. The van der Waals surface area contributed by atoms with Crippen LogP contribution in [0.2, 0.25) is 0 Å². The van der Waals surface area contributed by atoms with Crippen LogP contribution in [0.25, 0.3) is 10.9 Å². The number of aliphatic carboxylic acids is 1. The van der Waals surface area contributed by atoms with Crippen LogP contribution in [0.15, 0.2) is 41.2 Å². The van der Waals surface area contributed by atoms with Gasteiger partial charge in [-0.2, -0.15) is 18.4 Å². The number of alkyl halides is 3. The number of aromatic amines is 1. The number of carbonyl (C=O) groups is 2. The average Bonchev–Trinajstić information content (AvgIpc) is 2.72. The van der Waals surface area contributed by atoms with Crippen molar-refractivity contribution in [3.63, 3.8) is 0 Å². The van der Waals surface area contributed by atoms with E-state index in [1.165, 1.54) is 24.3 Å². The van der Waals surface area contributed by atoms with Crippen molar-refractivity contribution in [2.75, 3.05) is 6.54 Å². The maximum atomic E-state index is 12.8. The van der Waals surface area contributed by atoms with Crippen LogP contribution in [-0.4, -0.2) is 33.6 Å². The number of amides is 1. The summed E-state index contributed by atoms with van der Waals surface area (Å²) < 4.78 is 38.3. The number of aromatic hydroxyl groups is 1. The number of halogens is 3. The molecular weight excluding hydrogens is 431 g/mol. The zero-order valence-electron chi connectivity index (χ0n) is 16.1. The Morgan fingerprint density at radius 1 is 1.16 bits per heavy atom. The monoisotopic (exact) mass is 445 g/mol. The smallest absolute Gasteiger partial charge is 0.416 e. The highest BCUT2D eigenvalue weighted by molar-refractivity contribution is 6.03. The summed E-state index contributed by atoms with van der Waals surface area (Å²) in [6.45, 7) is -0.785. The van der Waals surface area contributed by atoms with E-state index in [0.717, 1.165) is 12.1 Å². The lowest BCUT2D eigenvalue weighted by Gasteiger charge is -2.12. The van der Waals surface area contributed by atoms with Gasteiger partial charge in [-0.3, -0.25) is 14.4 Å². The molecule has 1 amide bonds. The molecule has 0 bridgehead atoms. The van der Waals surface area contributed by atoms with Crippen molar-refractivity contribution < 1.29 is 33.0 Å². The highest BCUT2D eigenvalue weighted by Gasteiger charge is 2.30. The van der Waals surface area contributed by atoms with Gasteiger partial charge in [-0.15, -0.1) is 0 Å². The number of benzene rings is 2. The predicted octanol–water partition coefficient (Wildman–Crippen LogP) is 2.53. The Bertz CT molecular complexity index is 1320. The Morgan fingerprint density at radius 3 is 2.38 bits per heavy atom. The molecule has 3 rings (SSSR count). The van der Waals surface area contributed by atoms with E-state index in [9.17, 15) is 37.9 Å². The largest absolute Gasteiger partial charge is 0.506 e. The van der Waals surface area contributed by atoms with Crippen LogP contribution in [0.3, 0.4) is 0 Å². The molecule has 8 nitrogen and oxygen atoms in total. The number of hydrogen-bond donors (Lipinski definition) is 4. The highest BCUT2D eigenvalue weighted by atomic mass is 19.4. The third kappa shape index (κ3) is 4.54. The number of nitrogens with zero attached hydrogens (tertiary/aromatic N) is 1. The van der Waals surface area contributed by atoms with Crippen molar-refractivity contribution >= 4 is 22.8 Å². The number of fused-ring (bicyclic) bond motifs is 1. The SMILES string of the molecule is N#Cc1cc(Cc2ccc(C(F)(F)F)cc2)c2[nH]c(=O)c(C(=O)NCC(=O)O)c(O)c2c1. The molecule has 2 aromatic carbocycles. The number of carboxylic acids is 1. The summed E-state index contributed by atoms with van der Waals surface area (Å²) in [5.41, 5.74) is -1.65. The van der Waals surface area contributed by atoms with Gasteiger partial charge in [0.15, 0.2) is 0 Å². The molecule has 32 heavy (non-hydrogen) atoms. The molecule has 0 saturated carbocycles.